The van der Waals surface area contributed by atoms with Crippen LogP contribution in [0.2, 0.25) is 0 Å². The number of rotatable bonds is 5. The van der Waals surface area contributed by atoms with E-state index >= 15 is 0 Å². The van der Waals surface area contributed by atoms with Gasteiger partial charge in [0.25, 0.3) is 5.91 Å². The number of thiophene rings is 1. The second kappa shape index (κ2) is 10.3. The summed E-state index contributed by atoms with van der Waals surface area (Å²) in [5.74, 6) is 0.0942. The number of nitrogens with two attached hydrogens (primary N) is 1. The first-order valence-electron chi connectivity index (χ1n) is 12.2. The third-order valence-electron chi connectivity index (χ3n) is 6.97. The van der Waals surface area contributed by atoms with E-state index in [9.17, 15) is 9.90 Å². The molecule has 0 aliphatic carbocycles. The van der Waals surface area contributed by atoms with Gasteiger partial charge in [-0.3, -0.25) is 19.6 Å². The molecule has 0 aromatic carbocycles. The minimum Gasteiger partial charge on any atom is -0.384 e. The molecule has 11 nitrogen and oxygen atoms in total. The molecule has 12 heteroatoms. The maximum atomic E-state index is 12.2. The van der Waals surface area contributed by atoms with Crippen LogP contribution in [-0.4, -0.2) is 113 Å². The molecule has 3 aliphatic rings. The van der Waals surface area contributed by atoms with Crippen LogP contribution in [0.4, 0.5) is 11.6 Å². The van der Waals surface area contributed by atoms with Gasteiger partial charge in [0.2, 0.25) is 5.95 Å². The molecule has 3 N–H and O–H groups in total. The summed E-state index contributed by atoms with van der Waals surface area (Å²) < 4.78 is 5.61. The van der Waals surface area contributed by atoms with Crippen molar-refractivity contribution in [2.24, 2.45) is 0 Å². The summed E-state index contributed by atoms with van der Waals surface area (Å²) in [4.78, 5) is 29.6. The van der Waals surface area contributed by atoms with Gasteiger partial charge >= 0.3 is 0 Å². The van der Waals surface area contributed by atoms with Crippen molar-refractivity contribution in [3.63, 3.8) is 0 Å². The summed E-state index contributed by atoms with van der Waals surface area (Å²) in [6.45, 7) is 11.5. The Morgan fingerprint density at radius 3 is 2.54 bits per heavy atom. The Morgan fingerprint density at radius 1 is 1.20 bits per heavy atom. The molecule has 1 amide bonds. The van der Waals surface area contributed by atoms with E-state index in [1.807, 2.05) is 0 Å². The topological polar surface area (TPSA) is 115 Å². The number of hydrogen-bond donors (Lipinski definition) is 2. The molecule has 190 valence electrons. The molecule has 0 bridgehead atoms. The van der Waals surface area contributed by atoms with Crippen LogP contribution in [-0.2, 0) is 9.53 Å². The maximum absolute atomic E-state index is 12.2. The molecular formula is C23H34N8O3S. The number of hydrogen-bond acceptors (Lipinski definition) is 11. The first-order chi connectivity index (χ1) is 16.9. The average molecular weight is 503 g/mol. The van der Waals surface area contributed by atoms with Crippen molar-refractivity contribution in [2.75, 3.05) is 76.6 Å². The van der Waals surface area contributed by atoms with E-state index in [1.54, 1.807) is 28.6 Å². The second-order valence-corrected chi connectivity index (χ2v) is 10.4. The molecule has 2 aromatic rings. The number of nitrogens with zero attached hydrogens (tertiary/aromatic N) is 7. The number of amides is 1. The zero-order chi connectivity index (χ0) is 24.5. The smallest absolute Gasteiger partial charge is 0.251 e. The maximum Gasteiger partial charge on any atom is 0.251 e. The number of carbonyl (C=O) groups excluding carboxylic acids is 1. The van der Waals surface area contributed by atoms with Crippen molar-refractivity contribution in [2.45, 2.75) is 26.0 Å². The molecule has 35 heavy (non-hydrogen) atoms. The predicted octanol–water partition coefficient (Wildman–Crippen LogP) is 0.658. The van der Waals surface area contributed by atoms with Crippen molar-refractivity contribution in [3.05, 3.63) is 23.3 Å². The Balaban J connectivity index is 1.35. The quantitative estimate of drug-likeness (QED) is 0.604. The number of nitrogen functional groups attached to an aromatic ring is 1. The number of ether oxygens (including phenoxy) is 1. The summed E-state index contributed by atoms with van der Waals surface area (Å²) in [5, 5.41) is 14.4. The summed E-state index contributed by atoms with van der Waals surface area (Å²) >= 11 is 1.78. The van der Waals surface area contributed by atoms with Gasteiger partial charge in [-0.15, -0.1) is 11.3 Å². The summed E-state index contributed by atoms with van der Waals surface area (Å²) in [6.07, 6.45) is 2.63. The molecule has 3 aliphatic heterocycles. The van der Waals surface area contributed by atoms with Gasteiger partial charge < -0.3 is 20.5 Å². The van der Waals surface area contributed by atoms with Crippen LogP contribution in [0.3, 0.4) is 0 Å². The van der Waals surface area contributed by atoms with Gasteiger partial charge in [0.05, 0.1) is 32.2 Å². The molecule has 0 unspecified atom stereocenters. The van der Waals surface area contributed by atoms with Crippen LogP contribution in [0, 0.1) is 0 Å². The van der Waals surface area contributed by atoms with Gasteiger partial charge in [0.15, 0.2) is 0 Å². The fourth-order valence-electron chi connectivity index (χ4n) is 4.88. The Morgan fingerprint density at radius 2 is 1.89 bits per heavy atom. The Kier molecular flexibility index (Phi) is 7.19. The van der Waals surface area contributed by atoms with Crippen molar-refractivity contribution in [1.82, 2.24) is 29.7 Å². The fourth-order valence-corrected chi connectivity index (χ4v) is 6.09. The third kappa shape index (κ3) is 5.13. The number of aliphatic hydroxyl groups excluding tert-OH is 1. The van der Waals surface area contributed by atoms with Crippen molar-refractivity contribution in [3.8, 4) is 10.4 Å². The Bertz CT molecular complexity index is 1020. The number of morpholine rings is 1. The van der Waals surface area contributed by atoms with Gasteiger partial charge in [-0.1, -0.05) is 0 Å². The lowest BCUT2D eigenvalue weighted by molar-refractivity contribution is -0.141. The van der Waals surface area contributed by atoms with Crippen molar-refractivity contribution < 1.29 is 14.6 Å². The van der Waals surface area contributed by atoms with Crippen molar-refractivity contribution >= 4 is 28.9 Å². The highest BCUT2D eigenvalue weighted by Crippen LogP contribution is 2.45. The van der Waals surface area contributed by atoms with Crippen LogP contribution < -0.4 is 10.7 Å². The zero-order valence-electron chi connectivity index (χ0n) is 20.3. The number of fused-ring (bicyclic) bond motifs is 1. The third-order valence-corrected chi connectivity index (χ3v) is 8.31. The monoisotopic (exact) mass is 502 g/mol. The molecule has 0 saturated carbocycles. The zero-order valence-corrected chi connectivity index (χ0v) is 21.2. The van der Waals surface area contributed by atoms with Crippen LogP contribution in [0.25, 0.3) is 10.4 Å². The van der Waals surface area contributed by atoms with Gasteiger partial charge in [-0.05, 0) is 19.9 Å². The molecule has 5 heterocycles. The van der Waals surface area contributed by atoms with Crippen molar-refractivity contribution in [1.29, 1.82) is 0 Å². The minimum absolute atomic E-state index is 0.183. The molecule has 2 fully saturated rings. The number of aromatic nitrogens is 2. The largest absolute Gasteiger partial charge is 0.384 e. The summed E-state index contributed by atoms with van der Waals surface area (Å²) in [6, 6.07) is 2.49. The van der Waals surface area contributed by atoms with Crippen LogP contribution in [0.15, 0.2) is 18.5 Å². The first-order valence-corrected chi connectivity index (χ1v) is 13.0. The molecule has 2 aromatic heterocycles. The second-order valence-electron chi connectivity index (χ2n) is 9.32. The lowest BCUT2D eigenvalue weighted by atomic mass is 10.1. The van der Waals surface area contributed by atoms with E-state index in [1.165, 1.54) is 17.5 Å². The highest BCUT2D eigenvalue weighted by Gasteiger charge is 2.36. The molecule has 2 atom stereocenters. The molecule has 0 spiro atoms. The van der Waals surface area contributed by atoms with E-state index in [0.717, 1.165) is 63.2 Å². The molecule has 0 radical (unpaired) electrons. The number of carbonyl (C=O) groups is 1. The number of hydrazine groups is 1. The van der Waals surface area contributed by atoms with E-state index in [-0.39, 0.29) is 17.9 Å². The fraction of sp³-hybridized carbons (Fsp3) is 0.609. The molecular weight excluding hydrogens is 468 g/mol. The SMILES string of the molecule is C[C@H](O)C(=O)N1CCN(CN2CN(N3CCOCC3)c3cc(-c4cnc(N)nc4)sc3[C@H]2C)CC1. The predicted molar refractivity (Wildman–Crippen MR) is 134 cm³/mol. The first kappa shape index (κ1) is 24.3. The van der Waals surface area contributed by atoms with E-state index in [2.05, 4.69) is 42.8 Å². The van der Waals surface area contributed by atoms with E-state index in [4.69, 9.17) is 10.5 Å². The lowest BCUT2D eigenvalue weighted by Crippen LogP contribution is -2.58. The van der Waals surface area contributed by atoms with Crippen LogP contribution in [0.1, 0.15) is 24.8 Å². The summed E-state index contributed by atoms with van der Waals surface area (Å²) in [5.41, 5.74) is 7.91. The number of anilines is 2. The van der Waals surface area contributed by atoms with E-state index in [0.29, 0.717) is 13.1 Å². The lowest BCUT2D eigenvalue weighted by Gasteiger charge is -2.48. The average Bonchev–Trinajstić information content (AvgIpc) is 3.32. The summed E-state index contributed by atoms with van der Waals surface area (Å²) in [7, 11) is 0. The van der Waals surface area contributed by atoms with Gasteiger partial charge in [0.1, 0.15) is 6.10 Å². The molecule has 5 rings (SSSR count). The normalized spacial score (nSPS) is 23.3. The highest BCUT2D eigenvalue weighted by atomic mass is 32.1. The number of aliphatic hydroxyl groups is 1. The molecule has 2 saturated heterocycles. The van der Waals surface area contributed by atoms with Crippen LogP contribution >= 0.6 is 11.3 Å². The Labute approximate surface area is 209 Å². The highest BCUT2D eigenvalue weighted by molar-refractivity contribution is 7.16. The number of piperazine rings is 1. The van der Waals surface area contributed by atoms with E-state index < -0.39 is 6.10 Å². The van der Waals surface area contributed by atoms with Gasteiger partial charge in [-0.2, -0.15) is 0 Å². The van der Waals surface area contributed by atoms with Crippen LogP contribution in [0.5, 0.6) is 0 Å². The standard InChI is InChI=1S/C23H34N8O3S/c1-16-21-19(11-20(35-21)18-12-25-23(24)26-13-18)31(30-7-9-34-10-8-30)15-29(16)14-27-3-5-28(6-4-27)22(33)17(2)32/h11-13,16-17,32H,3-10,14-15H2,1-2H3,(H2,24,25,26)/t16-,17+/m1/s1. The minimum atomic E-state index is -0.941. The van der Waals surface area contributed by atoms with Gasteiger partial charge in [0, 0.05) is 73.0 Å². The Hall–Kier alpha value is -2.35. The van der Waals surface area contributed by atoms with Gasteiger partial charge in [-0.25, -0.2) is 15.0 Å².